The van der Waals surface area contributed by atoms with E-state index in [1.165, 1.54) is 17.3 Å². The van der Waals surface area contributed by atoms with Gasteiger partial charge < -0.3 is 14.2 Å². The van der Waals surface area contributed by atoms with Gasteiger partial charge in [-0.15, -0.1) is 10.2 Å². The molecule has 2 aromatic rings. The molecule has 2 heterocycles. The van der Waals surface area contributed by atoms with Gasteiger partial charge in [0.1, 0.15) is 5.82 Å². The molecular formula is C20H28N4O2S. The lowest BCUT2D eigenvalue weighted by Gasteiger charge is -2.30. The van der Waals surface area contributed by atoms with Crippen molar-refractivity contribution in [3.05, 3.63) is 41.7 Å². The molecular weight excluding hydrogens is 360 g/mol. The second-order valence-corrected chi connectivity index (χ2v) is 8.00. The highest BCUT2D eigenvalue weighted by atomic mass is 32.2. The Kier molecular flexibility index (Phi) is 7.29. The average molecular weight is 389 g/mol. The Morgan fingerprint density at radius 2 is 1.96 bits per heavy atom. The maximum atomic E-state index is 12.5. The standard InChI is InChI=1S/C20H28N4O2S/c1-16-8-10-23(11-9-16)19(25)15-27-20-22-21-18(24(20)12-13-26-2)14-17-6-4-3-5-7-17/h3-7,16H,8-15H2,1-2H3. The Morgan fingerprint density at radius 1 is 1.22 bits per heavy atom. The first-order valence-electron chi connectivity index (χ1n) is 9.53. The molecule has 1 aromatic heterocycles. The highest BCUT2D eigenvalue weighted by Gasteiger charge is 2.21. The first-order valence-corrected chi connectivity index (χ1v) is 10.5. The van der Waals surface area contributed by atoms with Crippen LogP contribution in [0.3, 0.4) is 0 Å². The number of rotatable bonds is 8. The maximum absolute atomic E-state index is 12.5. The van der Waals surface area contributed by atoms with E-state index in [1.807, 2.05) is 23.1 Å². The van der Waals surface area contributed by atoms with Gasteiger partial charge in [0.05, 0.1) is 12.4 Å². The number of hydrogen-bond donors (Lipinski definition) is 0. The Hall–Kier alpha value is -1.86. The van der Waals surface area contributed by atoms with E-state index in [1.54, 1.807) is 7.11 Å². The molecule has 3 rings (SSSR count). The van der Waals surface area contributed by atoms with Gasteiger partial charge in [-0.25, -0.2) is 0 Å². The third-order valence-electron chi connectivity index (χ3n) is 4.98. The number of thioether (sulfide) groups is 1. The van der Waals surface area contributed by atoms with E-state index in [9.17, 15) is 4.79 Å². The molecule has 0 radical (unpaired) electrons. The van der Waals surface area contributed by atoms with Crippen LogP contribution in [0.1, 0.15) is 31.2 Å². The summed E-state index contributed by atoms with van der Waals surface area (Å²) in [6.07, 6.45) is 2.92. The quantitative estimate of drug-likeness (QED) is 0.651. The topological polar surface area (TPSA) is 60.2 Å². The van der Waals surface area contributed by atoms with Crippen molar-refractivity contribution in [1.82, 2.24) is 19.7 Å². The number of hydrogen-bond acceptors (Lipinski definition) is 5. The lowest BCUT2D eigenvalue weighted by Crippen LogP contribution is -2.38. The first kappa shape index (κ1) is 19.9. The number of nitrogens with zero attached hydrogens (tertiary/aromatic N) is 4. The van der Waals surface area contributed by atoms with Crippen LogP contribution in [-0.4, -0.2) is 58.1 Å². The molecule has 0 aliphatic carbocycles. The molecule has 1 amide bonds. The lowest BCUT2D eigenvalue weighted by molar-refractivity contribution is -0.129. The fourth-order valence-electron chi connectivity index (χ4n) is 3.22. The van der Waals surface area contributed by atoms with E-state index in [4.69, 9.17) is 4.74 Å². The number of ether oxygens (including phenoxy) is 1. The summed E-state index contributed by atoms with van der Waals surface area (Å²) in [5, 5.41) is 9.51. The van der Waals surface area contributed by atoms with Crippen molar-refractivity contribution >= 4 is 17.7 Å². The molecule has 7 heteroatoms. The summed E-state index contributed by atoms with van der Waals surface area (Å²) in [5.41, 5.74) is 1.19. The zero-order chi connectivity index (χ0) is 19.1. The van der Waals surface area contributed by atoms with Crippen molar-refractivity contribution in [2.45, 2.75) is 37.9 Å². The predicted octanol–water partition coefficient (Wildman–Crippen LogP) is 2.87. The van der Waals surface area contributed by atoms with Crippen LogP contribution in [0.15, 0.2) is 35.5 Å². The summed E-state index contributed by atoms with van der Waals surface area (Å²) in [6.45, 7) is 5.27. The molecule has 1 aliphatic rings. The third-order valence-corrected chi connectivity index (χ3v) is 5.93. The molecule has 1 aromatic carbocycles. The van der Waals surface area contributed by atoms with Gasteiger partial charge in [0, 0.05) is 33.2 Å². The summed E-state index contributed by atoms with van der Waals surface area (Å²) in [5.74, 6) is 2.22. The SMILES string of the molecule is COCCn1c(Cc2ccccc2)nnc1SCC(=O)N1CCC(C)CC1. The summed E-state index contributed by atoms with van der Waals surface area (Å²) in [6, 6.07) is 10.2. The minimum absolute atomic E-state index is 0.192. The van der Waals surface area contributed by atoms with Gasteiger partial charge >= 0.3 is 0 Å². The molecule has 1 fully saturated rings. The van der Waals surface area contributed by atoms with Crippen LogP contribution >= 0.6 is 11.8 Å². The second kappa shape index (κ2) is 9.90. The zero-order valence-corrected chi connectivity index (χ0v) is 17.0. The molecule has 0 N–H and O–H groups in total. The van der Waals surface area contributed by atoms with Crippen molar-refractivity contribution in [3.8, 4) is 0 Å². The van der Waals surface area contributed by atoms with Crippen LogP contribution in [0, 0.1) is 5.92 Å². The van der Waals surface area contributed by atoms with E-state index < -0.39 is 0 Å². The van der Waals surface area contributed by atoms with Gasteiger partial charge in [0.15, 0.2) is 5.16 Å². The number of amides is 1. The van der Waals surface area contributed by atoms with E-state index in [-0.39, 0.29) is 5.91 Å². The fraction of sp³-hybridized carbons (Fsp3) is 0.550. The molecule has 6 nitrogen and oxygen atoms in total. The molecule has 0 unspecified atom stereocenters. The van der Waals surface area contributed by atoms with Crippen LogP contribution < -0.4 is 0 Å². The van der Waals surface area contributed by atoms with Gasteiger partial charge in [-0.1, -0.05) is 49.0 Å². The minimum Gasteiger partial charge on any atom is -0.383 e. The van der Waals surface area contributed by atoms with Gasteiger partial charge in [-0.05, 0) is 24.3 Å². The molecule has 1 aliphatic heterocycles. The van der Waals surface area contributed by atoms with Crippen molar-refractivity contribution in [2.24, 2.45) is 5.92 Å². The molecule has 1 saturated heterocycles. The van der Waals surface area contributed by atoms with Crippen LogP contribution in [0.2, 0.25) is 0 Å². The minimum atomic E-state index is 0.192. The number of piperidine rings is 1. The molecule has 0 bridgehead atoms. The average Bonchev–Trinajstić information content (AvgIpc) is 3.07. The molecule has 0 atom stereocenters. The summed E-state index contributed by atoms with van der Waals surface area (Å²) in [7, 11) is 1.69. The maximum Gasteiger partial charge on any atom is 0.233 e. The Bertz CT molecular complexity index is 727. The number of methoxy groups -OCH3 is 1. The molecule has 146 valence electrons. The summed E-state index contributed by atoms with van der Waals surface area (Å²) < 4.78 is 7.32. The highest BCUT2D eigenvalue weighted by Crippen LogP contribution is 2.21. The van der Waals surface area contributed by atoms with Crippen LogP contribution in [-0.2, 0) is 22.5 Å². The Labute approximate surface area is 165 Å². The van der Waals surface area contributed by atoms with Crippen LogP contribution in [0.5, 0.6) is 0 Å². The first-order chi connectivity index (χ1) is 13.2. The number of carbonyl (C=O) groups is 1. The van der Waals surface area contributed by atoms with Crippen LogP contribution in [0.4, 0.5) is 0 Å². The van der Waals surface area contributed by atoms with Gasteiger partial charge in [-0.3, -0.25) is 4.79 Å². The van der Waals surface area contributed by atoms with Gasteiger partial charge in [0.2, 0.25) is 5.91 Å². The smallest absolute Gasteiger partial charge is 0.233 e. The second-order valence-electron chi connectivity index (χ2n) is 7.06. The number of likely N-dealkylation sites (tertiary alicyclic amines) is 1. The van der Waals surface area contributed by atoms with Gasteiger partial charge in [0.25, 0.3) is 0 Å². The Balaban J connectivity index is 1.64. The van der Waals surface area contributed by atoms with Crippen molar-refractivity contribution in [3.63, 3.8) is 0 Å². The van der Waals surface area contributed by atoms with Crippen molar-refractivity contribution < 1.29 is 9.53 Å². The molecule has 0 saturated carbocycles. The predicted molar refractivity (Wildman–Crippen MR) is 107 cm³/mol. The number of aromatic nitrogens is 3. The molecule has 27 heavy (non-hydrogen) atoms. The van der Waals surface area contributed by atoms with Gasteiger partial charge in [-0.2, -0.15) is 0 Å². The highest BCUT2D eigenvalue weighted by molar-refractivity contribution is 7.99. The largest absolute Gasteiger partial charge is 0.383 e. The number of carbonyl (C=O) groups excluding carboxylic acids is 1. The fourth-order valence-corrected chi connectivity index (χ4v) is 4.10. The van der Waals surface area contributed by atoms with E-state index in [0.29, 0.717) is 18.9 Å². The summed E-state index contributed by atoms with van der Waals surface area (Å²) in [4.78, 5) is 14.5. The summed E-state index contributed by atoms with van der Waals surface area (Å²) >= 11 is 1.47. The molecule has 0 spiro atoms. The van der Waals surface area contributed by atoms with E-state index in [2.05, 4.69) is 33.8 Å². The monoisotopic (exact) mass is 388 g/mol. The third kappa shape index (κ3) is 5.56. The Morgan fingerprint density at radius 3 is 2.67 bits per heavy atom. The van der Waals surface area contributed by atoms with Crippen molar-refractivity contribution in [1.29, 1.82) is 0 Å². The van der Waals surface area contributed by atoms with E-state index >= 15 is 0 Å². The van der Waals surface area contributed by atoms with Crippen LogP contribution in [0.25, 0.3) is 0 Å². The van der Waals surface area contributed by atoms with E-state index in [0.717, 1.165) is 49.3 Å². The number of benzene rings is 1. The normalized spacial score (nSPS) is 15.3. The van der Waals surface area contributed by atoms with Crippen molar-refractivity contribution in [2.75, 3.05) is 32.6 Å². The zero-order valence-electron chi connectivity index (χ0n) is 16.1. The lowest BCUT2D eigenvalue weighted by atomic mass is 9.99.